The molecule has 0 fully saturated rings. The van der Waals surface area contributed by atoms with E-state index in [1.54, 1.807) is 7.11 Å². The number of likely N-dealkylation sites (N-methyl/N-ethyl adjacent to an activating group) is 1. The maximum absolute atomic E-state index is 5.43. The summed E-state index contributed by atoms with van der Waals surface area (Å²) in [6, 6.07) is 0.452. The van der Waals surface area contributed by atoms with Gasteiger partial charge < -0.3 is 10.1 Å². The molecular weight excluding hydrogens is 212 g/mol. The van der Waals surface area contributed by atoms with Crippen LogP contribution in [0.2, 0.25) is 0 Å². The Hall–Kier alpha value is -1.09. The number of nitrogens with one attached hydrogen (secondary N) is 1. The van der Waals surface area contributed by atoms with Crippen molar-refractivity contribution in [2.75, 3.05) is 14.2 Å². The number of aromatic nitrogens is 1. The molecule has 0 saturated carbocycles. The van der Waals surface area contributed by atoms with Crippen LogP contribution in [0.15, 0.2) is 6.20 Å². The highest BCUT2D eigenvalue weighted by Gasteiger charge is 2.16. The Morgan fingerprint density at radius 2 is 2.00 bits per heavy atom. The van der Waals surface area contributed by atoms with Gasteiger partial charge in [-0.2, -0.15) is 0 Å². The van der Waals surface area contributed by atoms with E-state index < -0.39 is 0 Å². The highest BCUT2D eigenvalue weighted by molar-refractivity contribution is 5.41. The number of hydrogen-bond donors (Lipinski definition) is 1. The number of ether oxygens (including phenoxy) is 1. The summed E-state index contributed by atoms with van der Waals surface area (Å²) < 4.78 is 5.43. The van der Waals surface area contributed by atoms with E-state index in [0.29, 0.717) is 12.0 Å². The minimum absolute atomic E-state index is 0.452. The summed E-state index contributed by atoms with van der Waals surface area (Å²) in [7, 11) is 3.72. The van der Waals surface area contributed by atoms with Gasteiger partial charge in [-0.1, -0.05) is 13.8 Å². The van der Waals surface area contributed by atoms with Gasteiger partial charge in [-0.05, 0) is 26.8 Å². The van der Waals surface area contributed by atoms with Crippen LogP contribution in [0.4, 0.5) is 0 Å². The average molecular weight is 236 g/mol. The molecule has 0 aromatic carbocycles. The molecule has 1 unspecified atom stereocenters. The lowest BCUT2D eigenvalue weighted by molar-refractivity contribution is 0.400. The Kier molecular flexibility index (Phi) is 4.94. The van der Waals surface area contributed by atoms with Crippen molar-refractivity contribution in [2.45, 2.75) is 40.2 Å². The maximum atomic E-state index is 5.43. The SMILES string of the molecule is CNC(Cc1ncc(C)c(OC)c1C)C(C)C. The van der Waals surface area contributed by atoms with E-state index >= 15 is 0 Å². The van der Waals surface area contributed by atoms with E-state index in [-0.39, 0.29) is 0 Å². The van der Waals surface area contributed by atoms with Crippen molar-refractivity contribution in [2.24, 2.45) is 5.92 Å². The fourth-order valence-corrected chi connectivity index (χ4v) is 2.16. The Morgan fingerprint density at radius 1 is 1.35 bits per heavy atom. The number of nitrogens with zero attached hydrogens (tertiary/aromatic N) is 1. The monoisotopic (exact) mass is 236 g/mol. The number of methoxy groups -OCH3 is 1. The third-order valence-corrected chi connectivity index (χ3v) is 3.34. The molecule has 1 aromatic heterocycles. The summed E-state index contributed by atoms with van der Waals surface area (Å²) in [4.78, 5) is 4.54. The zero-order valence-corrected chi connectivity index (χ0v) is 11.8. The predicted octanol–water partition coefficient (Wildman–Crippen LogP) is 2.49. The lowest BCUT2D eigenvalue weighted by atomic mass is 9.96. The van der Waals surface area contributed by atoms with Crippen molar-refractivity contribution >= 4 is 0 Å². The largest absolute Gasteiger partial charge is 0.496 e. The first-order valence-electron chi connectivity index (χ1n) is 6.17. The fraction of sp³-hybridized carbons (Fsp3) is 0.643. The van der Waals surface area contributed by atoms with Gasteiger partial charge in [0.05, 0.1) is 7.11 Å². The molecule has 3 heteroatoms. The lowest BCUT2D eigenvalue weighted by Crippen LogP contribution is -2.33. The van der Waals surface area contributed by atoms with Crippen LogP contribution >= 0.6 is 0 Å². The summed E-state index contributed by atoms with van der Waals surface area (Å²) >= 11 is 0. The van der Waals surface area contributed by atoms with Crippen molar-refractivity contribution in [1.29, 1.82) is 0 Å². The van der Waals surface area contributed by atoms with Crippen molar-refractivity contribution < 1.29 is 4.74 Å². The molecule has 0 aliphatic carbocycles. The van der Waals surface area contributed by atoms with Crippen LogP contribution in [0.3, 0.4) is 0 Å². The van der Waals surface area contributed by atoms with Crippen molar-refractivity contribution in [3.63, 3.8) is 0 Å². The molecule has 0 spiro atoms. The molecule has 0 aliphatic rings. The van der Waals surface area contributed by atoms with Crippen LogP contribution in [0, 0.1) is 19.8 Å². The minimum Gasteiger partial charge on any atom is -0.496 e. The summed E-state index contributed by atoms with van der Waals surface area (Å²) in [5.41, 5.74) is 3.38. The molecule has 1 atom stereocenters. The van der Waals surface area contributed by atoms with Gasteiger partial charge >= 0.3 is 0 Å². The molecule has 0 aliphatic heterocycles. The molecule has 96 valence electrons. The Balaban J connectivity index is 2.99. The van der Waals surface area contributed by atoms with Crippen molar-refractivity contribution in [1.82, 2.24) is 10.3 Å². The smallest absolute Gasteiger partial charge is 0.128 e. The molecule has 0 bridgehead atoms. The van der Waals surface area contributed by atoms with Gasteiger partial charge in [0.1, 0.15) is 5.75 Å². The van der Waals surface area contributed by atoms with Gasteiger partial charge in [0, 0.05) is 35.5 Å². The van der Waals surface area contributed by atoms with Crippen LogP contribution in [-0.2, 0) is 6.42 Å². The van der Waals surface area contributed by atoms with Crippen LogP contribution in [0.1, 0.15) is 30.7 Å². The van der Waals surface area contributed by atoms with Gasteiger partial charge in [0.2, 0.25) is 0 Å². The van der Waals surface area contributed by atoms with Crippen LogP contribution in [0.25, 0.3) is 0 Å². The van der Waals surface area contributed by atoms with Gasteiger partial charge in [0.15, 0.2) is 0 Å². The van der Waals surface area contributed by atoms with Crippen LogP contribution < -0.4 is 10.1 Å². The number of hydrogen-bond acceptors (Lipinski definition) is 3. The molecular formula is C14H24N2O. The molecule has 0 amide bonds. The predicted molar refractivity (Wildman–Crippen MR) is 71.7 cm³/mol. The molecule has 0 radical (unpaired) electrons. The number of pyridine rings is 1. The van der Waals surface area contributed by atoms with Crippen LogP contribution in [0.5, 0.6) is 5.75 Å². The third-order valence-electron chi connectivity index (χ3n) is 3.34. The zero-order chi connectivity index (χ0) is 13.0. The molecule has 1 rings (SSSR count). The van der Waals surface area contributed by atoms with Gasteiger partial charge in [-0.3, -0.25) is 4.98 Å². The Morgan fingerprint density at radius 3 is 2.47 bits per heavy atom. The van der Waals surface area contributed by atoms with E-state index in [0.717, 1.165) is 29.0 Å². The maximum Gasteiger partial charge on any atom is 0.128 e. The summed E-state index contributed by atoms with van der Waals surface area (Å²) in [5, 5.41) is 3.35. The second-order valence-electron chi connectivity index (χ2n) is 4.89. The standard InChI is InChI=1S/C14H24N2O/c1-9(2)12(15-5)7-13-11(4)14(17-6)10(3)8-16-13/h8-9,12,15H,7H2,1-6H3. The van der Waals surface area contributed by atoms with E-state index in [9.17, 15) is 0 Å². The van der Waals surface area contributed by atoms with E-state index in [1.165, 1.54) is 0 Å². The van der Waals surface area contributed by atoms with Crippen molar-refractivity contribution in [3.8, 4) is 5.75 Å². The Bertz CT molecular complexity index is 375. The van der Waals surface area contributed by atoms with E-state index in [1.807, 2.05) is 20.2 Å². The molecule has 1 aromatic rings. The normalized spacial score (nSPS) is 12.9. The highest BCUT2D eigenvalue weighted by atomic mass is 16.5. The topological polar surface area (TPSA) is 34.2 Å². The average Bonchev–Trinajstić information content (AvgIpc) is 2.28. The quantitative estimate of drug-likeness (QED) is 0.853. The summed E-state index contributed by atoms with van der Waals surface area (Å²) in [5.74, 6) is 1.56. The lowest BCUT2D eigenvalue weighted by Gasteiger charge is -2.21. The molecule has 17 heavy (non-hydrogen) atoms. The first-order chi connectivity index (χ1) is 8.01. The van der Waals surface area contributed by atoms with Gasteiger partial charge in [-0.25, -0.2) is 0 Å². The first-order valence-corrected chi connectivity index (χ1v) is 6.17. The highest BCUT2D eigenvalue weighted by Crippen LogP contribution is 2.25. The minimum atomic E-state index is 0.452. The molecule has 3 nitrogen and oxygen atoms in total. The number of rotatable bonds is 5. The molecule has 1 N–H and O–H groups in total. The number of aryl methyl sites for hydroxylation is 1. The summed E-state index contributed by atoms with van der Waals surface area (Å²) in [6.45, 7) is 8.56. The van der Waals surface area contributed by atoms with E-state index in [2.05, 4.69) is 31.1 Å². The van der Waals surface area contributed by atoms with Gasteiger partial charge in [-0.15, -0.1) is 0 Å². The molecule has 1 heterocycles. The zero-order valence-electron chi connectivity index (χ0n) is 11.8. The third kappa shape index (κ3) is 3.19. The van der Waals surface area contributed by atoms with Crippen molar-refractivity contribution in [3.05, 3.63) is 23.0 Å². The molecule has 0 saturated heterocycles. The van der Waals surface area contributed by atoms with Gasteiger partial charge in [0.25, 0.3) is 0 Å². The fourth-order valence-electron chi connectivity index (χ4n) is 2.16. The van der Waals surface area contributed by atoms with E-state index in [4.69, 9.17) is 4.74 Å². The second-order valence-corrected chi connectivity index (χ2v) is 4.89. The summed E-state index contributed by atoms with van der Waals surface area (Å²) in [6.07, 6.45) is 2.84. The first kappa shape index (κ1) is 14.0. The second kappa shape index (κ2) is 6.01. The van der Waals surface area contributed by atoms with Crippen LogP contribution in [-0.4, -0.2) is 25.2 Å². The Labute approximate surface area is 105 Å².